The summed E-state index contributed by atoms with van der Waals surface area (Å²) >= 11 is 5.87. The van der Waals surface area contributed by atoms with E-state index < -0.39 is 0 Å². The van der Waals surface area contributed by atoms with Crippen LogP contribution in [0.3, 0.4) is 0 Å². The smallest absolute Gasteiger partial charge is 0.227 e. The summed E-state index contributed by atoms with van der Waals surface area (Å²) in [5, 5.41) is 9.65. The maximum atomic E-state index is 11.8. The largest absolute Gasteiger partial charge is 0.495 e. The number of aliphatic hydroxyl groups is 1. The van der Waals surface area contributed by atoms with E-state index in [9.17, 15) is 4.79 Å². The van der Waals surface area contributed by atoms with Crippen LogP contribution < -0.4 is 9.64 Å². The quantitative estimate of drug-likeness (QED) is 0.894. The molecule has 0 aliphatic carbocycles. The summed E-state index contributed by atoms with van der Waals surface area (Å²) in [5.74, 6) is 0.581. The Morgan fingerprint density at radius 3 is 2.94 bits per heavy atom. The van der Waals surface area contributed by atoms with Gasteiger partial charge in [-0.1, -0.05) is 11.6 Å². The van der Waals surface area contributed by atoms with Crippen LogP contribution in [0.1, 0.15) is 6.42 Å². The number of hydrogen-bond donors (Lipinski definition) is 1. The van der Waals surface area contributed by atoms with Gasteiger partial charge in [0.05, 0.1) is 12.8 Å². The number of carbonyl (C=O) groups is 1. The predicted octanol–water partition coefficient (Wildman–Crippen LogP) is 1.69. The van der Waals surface area contributed by atoms with Crippen LogP contribution in [0.4, 0.5) is 5.69 Å². The minimum atomic E-state index is 0.00267. The van der Waals surface area contributed by atoms with Gasteiger partial charge in [0.1, 0.15) is 5.75 Å². The first-order valence-electron chi connectivity index (χ1n) is 5.40. The van der Waals surface area contributed by atoms with E-state index in [1.807, 2.05) is 0 Å². The second kappa shape index (κ2) is 4.94. The molecule has 1 aliphatic heterocycles. The summed E-state index contributed by atoms with van der Waals surface area (Å²) in [6.07, 6.45) is 0.377. The maximum Gasteiger partial charge on any atom is 0.227 e. The number of methoxy groups -OCH3 is 1. The lowest BCUT2D eigenvalue weighted by atomic mass is 10.1. The molecule has 1 aromatic rings. The maximum absolute atomic E-state index is 11.8. The Kier molecular flexibility index (Phi) is 3.54. The fourth-order valence-electron chi connectivity index (χ4n) is 2.01. The lowest BCUT2D eigenvalue weighted by molar-refractivity contribution is -0.117. The van der Waals surface area contributed by atoms with Gasteiger partial charge in [0.2, 0.25) is 5.91 Å². The Morgan fingerprint density at radius 2 is 2.35 bits per heavy atom. The van der Waals surface area contributed by atoms with Gasteiger partial charge in [-0.25, -0.2) is 0 Å². The van der Waals surface area contributed by atoms with Gasteiger partial charge in [0.15, 0.2) is 0 Å². The summed E-state index contributed by atoms with van der Waals surface area (Å²) in [4.78, 5) is 13.5. The SMILES string of the molecule is COc1cc(Cl)ccc1N1CC(CO)CC1=O. The number of benzene rings is 1. The van der Waals surface area contributed by atoms with Crippen molar-refractivity contribution in [2.24, 2.45) is 5.92 Å². The number of nitrogens with zero attached hydrogens (tertiary/aromatic N) is 1. The van der Waals surface area contributed by atoms with Crippen LogP contribution in [0, 0.1) is 5.92 Å². The van der Waals surface area contributed by atoms with E-state index >= 15 is 0 Å². The fourth-order valence-corrected chi connectivity index (χ4v) is 2.17. The first-order chi connectivity index (χ1) is 8.15. The van der Waals surface area contributed by atoms with Gasteiger partial charge >= 0.3 is 0 Å². The van der Waals surface area contributed by atoms with Crippen molar-refractivity contribution >= 4 is 23.2 Å². The lowest BCUT2D eigenvalue weighted by Crippen LogP contribution is -2.25. The van der Waals surface area contributed by atoms with Crippen LogP contribution in [0.15, 0.2) is 18.2 Å². The molecule has 0 spiro atoms. The molecule has 5 heteroatoms. The Morgan fingerprint density at radius 1 is 1.59 bits per heavy atom. The fraction of sp³-hybridized carbons (Fsp3) is 0.417. The zero-order valence-corrected chi connectivity index (χ0v) is 10.3. The van der Waals surface area contributed by atoms with Crippen LogP contribution in [0.2, 0.25) is 5.02 Å². The zero-order chi connectivity index (χ0) is 12.4. The predicted molar refractivity (Wildman–Crippen MR) is 65.5 cm³/mol. The minimum absolute atomic E-state index is 0.00267. The van der Waals surface area contributed by atoms with Crippen LogP contribution >= 0.6 is 11.6 Å². The summed E-state index contributed by atoms with van der Waals surface area (Å²) < 4.78 is 5.21. The summed E-state index contributed by atoms with van der Waals surface area (Å²) in [6.45, 7) is 0.547. The van der Waals surface area contributed by atoms with E-state index in [2.05, 4.69) is 0 Å². The van der Waals surface area contributed by atoms with Crippen molar-refractivity contribution in [1.82, 2.24) is 0 Å². The van der Waals surface area contributed by atoms with Gasteiger partial charge in [-0.05, 0) is 12.1 Å². The van der Waals surface area contributed by atoms with Gasteiger partial charge in [0.25, 0.3) is 0 Å². The molecule has 4 nitrogen and oxygen atoms in total. The summed E-state index contributed by atoms with van der Waals surface area (Å²) in [7, 11) is 1.54. The summed E-state index contributed by atoms with van der Waals surface area (Å²) in [6, 6.07) is 5.16. The molecular weight excluding hydrogens is 242 g/mol. The molecule has 1 aliphatic rings. The number of aliphatic hydroxyl groups excluding tert-OH is 1. The second-order valence-corrected chi connectivity index (χ2v) is 4.51. The van der Waals surface area contributed by atoms with Gasteiger partial charge in [-0.2, -0.15) is 0 Å². The van der Waals surface area contributed by atoms with Crippen molar-refractivity contribution in [3.8, 4) is 5.75 Å². The molecule has 0 radical (unpaired) electrons. The Hall–Kier alpha value is -1.26. The Bertz CT molecular complexity index is 436. The molecule has 1 heterocycles. The van der Waals surface area contributed by atoms with Gasteiger partial charge in [0, 0.05) is 36.6 Å². The van der Waals surface area contributed by atoms with Crippen molar-refractivity contribution in [2.75, 3.05) is 25.2 Å². The molecule has 2 rings (SSSR count). The Balaban J connectivity index is 2.31. The first-order valence-corrected chi connectivity index (χ1v) is 5.78. The van der Waals surface area contributed by atoms with E-state index in [-0.39, 0.29) is 18.4 Å². The van der Waals surface area contributed by atoms with Crippen LogP contribution in [-0.2, 0) is 4.79 Å². The molecule has 1 unspecified atom stereocenters. The number of rotatable bonds is 3. The molecule has 1 fully saturated rings. The highest BCUT2D eigenvalue weighted by Gasteiger charge is 2.31. The molecular formula is C12H14ClNO3. The third-order valence-electron chi connectivity index (χ3n) is 2.90. The standard InChI is InChI=1S/C12H14ClNO3/c1-17-11-5-9(13)2-3-10(11)14-6-8(7-15)4-12(14)16/h2-3,5,8,15H,4,6-7H2,1H3. The summed E-state index contributed by atoms with van der Waals surface area (Å²) in [5.41, 5.74) is 0.706. The minimum Gasteiger partial charge on any atom is -0.495 e. The molecule has 0 aromatic heterocycles. The van der Waals surface area contributed by atoms with Crippen molar-refractivity contribution in [1.29, 1.82) is 0 Å². The zero-order valence-electron chi connectivity index (χ0n) is 9.52. The number of ether oxygens (including phenoxy) is 1. The second-order valence-electron chi connectivity index (χ2n) is 4.07. The van der Waals surface area contributed by atoms with Crippen LogP contribution in [0.25, 0.3) is 0 Å². The monoisotopic (exact) mass is 255 g/mol. The van der Waals surface area contributed by atoms with Gasteiger partial charge in [-0.15, -0.1) is 0 Å². The van der Waals surface area contributed by atoms with E-state index in [1.165, 1.54) is 0 Å². The van der Waals surface area contributed by atoms with Crippen molar-refractivity contribution in [3.05, 3.63) is 23.2 Å². The number of amides is 1. The van der Waals surface area contributed by atoms with Gasteiger partial charge < -0.3 is 14.7 Å². The van der Waals surface area contributed by atoms with Crippen molar-refractivity contribution in [3.63, 3.8) is 0 Å². The normalized spacial score (nSPS) is 19.8. The number of hydrogen-bond acceptors (Lipinski definition) is 3. The highest BCUT2D eigenvalue weighted by molar-refractivity contribution is 6.30. The number of halogens is 1. The molecule has 1 saturated heterocycles. The number of carbonyl (C=O) groups excluding carboxylic acids is 1. The van der Waals surface area contributed by atoms with Gasteiger partial charge in [-0.3, -0.25) is 4.79 Å². The number of anilines is 1. The molecule has 1 amide bonds. The van der Waals surface area contributed by atoms with Crippen molar-refractivity contribution < 1.29 is 14.6 Å². The average Bonchev–Trinajstić information content (AvgIpc) is 2.70. The van der Waals surface area contributed by atoms with E-state index in [0.29, 0.717) is 29.4 Å². The lowest BCUT2D eigenvalue weighted by Gasteiger charge is -2.19. The van der Waals surface area contributed by atoms with Crippen LogP contribution in [-0.4, -0.2) is 31.3 Å². The van der Waals surface area contributed by atoms with Crippen LogP contribution in [0.5, 0.6) is 5.75 Å². The van der Waals surface area contributed by atoms with E-state index in [0.717, 1.165) is 0 Å². The average molecular weight is 256 g/mol. The highest BCUT2D eigenvalue weighted by Crippen LogP contribution is 2.34. The molecule has 1 aromatic carbocycles. The van der Waals surface area contributed by atoms with E-state index in [1.54, 1.807) is 30.2 Å². The molecule has 0 saturated carbocycles. The topological polar surface area (TPSA) is 49.8 Å². The first kappa shape index (κ1) is 12.2. The molecule has 1 N–H and O–H groups in total. The molecule has 92 valence electrons. The molecule has 0 bridgehead atoms. The Labute approximate surface area is 105 Å². The molecule has 17 heavy (non-hydrogen) atoms. The molecule has 1 atom stereocenters. The highest BCUT2D eigenvalue weighted by atomic mass is 35.5. The van der Waals surface area contributed by atoms with Crippen molar-refractivity contribution in [2.45, 2.75) is 6.42 Å². The third kappa shape index (κ3) is 2.37. The van der Waals surface area contributed by atoms with E-state index in [4.69, 9.17) is 21.4 Å². The third-order valence-corrected chi connectivity index (χ3v) is 3.13.